The number of rotatable bonds is 4. The summed E-state index contributed by atoms with van der Waals surface area (Å²) in [6.07, 6.45) is 1.09. The average Bonchev–Trinajstić information content (AvgIpc) is 2.40. The largest absolute Gasteiger partial charge is 0.280 e. The molecule has 0 aliphatic heterocycles. The molecule has 0 aliphatic rings. The van der Waals surface area contributed by atoms with Crippen LogP contribution in [-0.2, 0) is 19.9 Å². The van der Waals surface area contributed by atoms with Gasteiger partial charge in [0.05, 0.1) is 9.79 Å². The van der Waals surface area contributed by atoms with E-state index in [2.05, 4.69) is 20.7 Å². The summed E-state index contributed by atoms with van der Waals surface area (Å²) in [7, 11) is -7.06. The molecule has 2 aromatic rings. The van der Waals surface area contributed by atoms with E-state index < -0.39 is 19.9 Å². The van der Waals surface area contributed by atoms with E-state index in [1.165, 1.54) is 30.3 Å². The number of hydrogen-bond acceptors (Lipinski definition) is 4. The van der Waals surface area contributed by atoms with Gasteiger partial charge >= 0.3 is 0 Å². The summed E-state index contributed by atoms with van der Waals surface area (Å²) in [5.41, 5.74) is 0.912. The lowest BCUT2D eigenvalue weighted by Crippen LogP contribution is -2.14. The maximum Gasteiger partial charge on any atom is 0.262 e. The van der Waals surface area contributed by atoms with E-state index in [0.29, 0.717) is 15.7 Å². The van der Waals surface area contributed by atoms with Gasteiger partial charge in [0.25, 0.3) is 10.0 Å². The monoisotopic (exact) mass is 403 g/mol. The van der Waals surface area contributed by atoms with Gasteiger partial charge in [-0.3, -0.25) is 4.72 Å². The van der Waals surface area contributed by atoms with Crippen molar-refractivity contribution in [3.8, 4) is 0 Å². The predicted octanol–water partition coefficient (Wildman–Crippen LogP) is 2.96. The summed E-state index contributed by atoms with van der Waals surface area (Å²) in [5.74, 6) is 0. The van der Waals surface area contributed by atoms with Crippen molar-refractivity contribution in [3.05, 3.63) is 52.5 Å². The zero-order chi connectivity index (χ0) is 16.5. The van der Waals surface area contributed by atoms with Crippen LogP contribution >= 0.6 is 15.9 Å². The Labute approximate surface area is 138 Å². The summed E-state index contributed by atoms with van der Waals surface area (Å²) in [6.45, 7) is 1.70. The van der Waals surface area contributed by atoms with Gasteiger partial charge in [-0.1, -0.05) is 22.0 Å². The highest BCUT2D eigenvalue weighted by Crippen LogP contribution is 2.23. The highest BCUT2D eigenvalue weighted by Gasteiger charge is 2.17. The van der Waals surface area contributed by atoms with Crippen molar-refractivity contribution in [1.29, 1.82) is 0 Å². The van der Waals surface area contributed by atoms with Gasteiger partial charge < -0.3 is 0 Å². The minimum atomic E-state index is -3.74. The molecule has 0 fully saturated rings. The molecule has 0 aromatic heterocycles. The van der Waals surface area contributed by atoms with Crippen LogP contribution in [0.5, 0.6) is 0 Å². The number of sulfone groups is 1. The van der Waals surface area contributed by atoms with E-state index in [4.69, 9.17) is 0 Å². The van der Waals surface area contributed by atoms with E-state index in [-0.39, 0.29) is 9.79 Å². The van der Waals surface area contributed by atoms with Crippen LogP contribution in [0.25, 0.3) is 0 Å². The number of anilines is 1. The molecule has 0 spiro atoms. The fourth-order valence-corrected chi connectivity index (χ4v) is 4.32. The van der Waals surface area contributed by atoms with Gasteiger partial charge in [-0.2, -0.15) is 0 Å². The molecule has 5 nitrogen and oxygen atoms in total. The minimum Gasteiger partial charge on any atom is -0.280 e. The van der Waals surface area contributed by atoms with E-state index in [0.717, 1.165) is 6.26 Å². The molecule has 0 amide bonds. The Morgan fingerprint density at radius 3 is 2.09 bits per heavy atom. The summed E-state index contributed by atoms with van der Waals surface area (Å²) in [6, 6.07) is 10.5. The normalized spacial score (nSPS) is 12.1. The first kappa shape index (κ1) is 17.0. The molecule has 0 saturated carbocycles. The third-order valence-electron chi connectivity index (χ3n) is 2.97. The standard InChI is InChI=1S/C14H14BrNO4S2/c1-10-3-4-11(15)9-14(10)22(19,20)16-12-5-7-13(8-6-12)21(2,17)18/h3-9,16H,1-2H3. The third kappa shape index (κ3) is 3.88. The molecule has 0 saturated heterocycles. The molecular weight excluding hydrogens is 390 g/mol. The van der Waals surface area contributed by atoms with Crippen LogP contribution in [0.15, 0.2) is 56.7 Å². The van der Waals surface area contributed by atoms with Crippen molar-refractivity contribution < 1.29 is 16.8 Å². The Bertz CT molecular complexity index is 904. The van der Waals surface area contributed by atoms with Crippen molar-refractivity contribution in [3.63, 3.8) is 0 Å². The maximum atomic E-state index is 12.4. The number of benzene rings is 2. The first-order valence-electron chi connectivity index (χ1n) is 6.19. The molecule has 0 radical (unpaired) electrons. The number of hydrogen-bond donors (Lipinski definition) is 1. The molecule has 0 unspecified atom stereocenters. The van der Waals surface area contributed by atoms with Gasteiger partial charge in [0.15, 0.2) is 9.84 Å². The molecule has 1 N–H and O–H groups in total. The second-order valence-corrected chi connectivity index (χ2v) is 9.39. The first-order valence-corrected chi connectivity index (χ1v) is 10.4. The molecule has 22 heavy (non-hydrogen) atoms. The lowest BCUT2D eigenvalue weighted by molar-refractivity contribution is 0.600. The smallest absolute Gasteiger partial charge is 0.262 e. The average molecular weight is 404 g/mol. The fourth-order valence-electron chi connectivity index (χ4n) is 1.84. The van der Waals surface area contributed by atoms with Gasteiger partial charge in [-0.05, 0) is 48.9 Å². The quantitative estimate of drug-likeness (QED) is 0.850. The number of aryl methyl sites for hydroxylation is 1. The fraction of sp³-hybridized carbons (Fsp3) is 0.143. The Hall–Kier alpha value is -1.38. The van der Waals surface area contributed by atoms with Gasteiger partial charge in [0.2, 0.25) is 0 Å². The maximum absolute atomic E-state index is 12.4. The molecule has 0 atom stereocenters. The van der Waals surface area contributed by atoms with E-state index in [9.17, 15) is 16.8 Å². The van der Waals surface area contributed by atoms with Crippen molar-refractivity contribution >= 4 is 41.5 Å². The molecule has 8 heteroatoms. The van der Waals surface area contributed by atoms with Gasteiger partial charge in [-0.25, -0.2) is 16.8 Å². The zero-order valence-corrected chi connectivity index (χ0v) is 15.1. The minimum absolute atomic E-state index is 0.133. The number of halogens is 1. The number of nitrogens with one attached hydrogen (secondary N) is 1. The summed E-state index contributed by atoms with van der Waals surface area (Å²) >= 11 is 3.25. The van der Waals surface area contributed by atoms with Crippen LogP contribution in [0.2, 0.25) is 0 Å². The predicted molar refractivity (Wildman–Crippen MR) is 89.2 cm³/mol. The van der Waals surface area contributed by atoms with Gasteiger partial charge in [0, 0.05) is 16.4 Å². The second kappa shape index (κ2) is 6.02. The Balaban J connectivity index is 2.35. The van der Waals surface area contributed by atoms with Crippen LogP contribution in [0.4, 0.5) is 5.69 Å². The molecule has 0 aliphatic carbocycles. The molecule has 2 aromatic carbocycles. The Kier molecular flexibility index (Phi) is 4.65. The highest BCUT2D eigenvalue weighted by molar-refractivity contribution is 9.10. The van der Waals surface area contributed by atoms with Crippen LogP contribution in [0, 0.1) is 6.92 Å². The van der Waals surface area contributed by atoms with E-state index in [1.807, 2.05) is 0 Å². The van der Waals surface area contributed by atoms with Crippen LogP contribution < -0.4 is 4.72 Å². The molecule has 2 rings (SSSR count). The van der Waals surface area contributed by atoms with Crippen molar-refractivity contribution in [1.82, 2.24) is 0 Å². The molecule has 0 heterocycles. The lowest BCUT2D eigenvalue weighted by Gasteiger charge is -2.11. The lowest BCUT2D eigenvalue weighted by atomic mass is 10.2. The van der Waals surface area contributed by atoms with Crippen molar-refractivity contribution in [2.24, 2.45) is 0 Å². The highest BCUT2D eigenvalue weighted by atomic mass is 79.9. The summed E-state index contributed by atoms with van der Waals surface area (Å²) in [4.78, 5) is 0.295. The summed E-state index contributed by atoms with van der Waals surface area (Å²) < 4.78 is 50.7. The van der Waals surface area contributed by atoms with Crippen LogP contribution in [0.1, 0.15) is 5.56 Å². The van der Waals surface area contributed by atoms with Crippen LogP contribution in [-0.4, -0.2) is 23.1 Å². The topological polar surface area (TPSA) is 80.3 Å². The zero-order valence-electron chi connectivity index (χ0n) is 11.9. The molecule has 0 bridgehead atoms. The summed E-state index contributed by atoms with van der Waals surface area (Å²) in [5, 5.41) is 0. The molecule has 118 valence electrons. The van der Waals surface area contributed by atoms with Crippen molar-refractivity contribution in [2.45, 2.75) is 16.7 Å². The second-order valence-electron chi connectivity index (χ2n) is 4.81. The van der Waals surface area contributed by atoms with Crippen LogP contribution in [0.3, 0.4) is 0 Å². The SMILES string of the molecule is Cc1ccc(Br)cc1S(=O)(=O)Nc1ccc(S(C)(=O)=O)cc1. The van der Waals surface area contributed by atoms with Crippen molar-refractivity contribution in [2.75, 3.05) is 11.0 Å². The van der Waals surface area contributed by atoms with E-state index in [1.54, 1.807) is 19.1 Å². The van der Waals surface area contributed by atoms with Gasteiger partial charge in [0.1, 0.15) is 0 Å². The Morgan fingerprint density at radius 1 is 0.955 bits per heavy atom. The third-order valence-corrected chi connectivity index (χ3v) is 6.12. The number of sulfonamides is 1. The van der Waals surface area contributed by atoms with E-state index >= 15 is 0 Å². The Morgan fingerprint density at radius 2 is 1.55 bits per heavy atom. The molecular formula is C14H14BrNO4S2. The first-order chi connectivity index (χ1) is 10.1. The van der Waals surface area contributed by atoms with Gasteiger partial charge in [-0.15, -0.1) is 0 Å².